The van der Waals surface area contributed by atoms with Crippen molar-refractivity contribution in [1.29, 1.82) is 0 Å². The molecule has 0 bridgehead atoms. The number of hydrogen-bond acceptors (Lipinski definition) is 4. The van der Waals surface area contributed by atoms with E-state index in [4.69, 9.17) is 0 Å². The Bertz CT molecular complexity index is 682. The van der Waals surface area contributed by atoms with Crippen molar-refractivity contribution in [2.45, 2.75) is 6.92 Å². The van der Waals surface area contributed by atoms with Crippen LogP contribution in [0.2, 0.25) is 0 Å². The molecule has 7 heteroatoms. The third-order valence-electron chi connectivity index (χ3n) is 2.36. The van der Waals surface area contributed by atoms with Crippen molar-refractivity contribution in [3.8, 4) is 10.6 Å². The van der Waals surface area contributed by atoms with Gasteiger partial charge in [0.2, 0.25) is 4.96 Å². The zero-order valence-corrected chi connectivity index (χ0v) is 11.7. The highest BCUT2D eigenvalue weighted by Gasteiger charge is 2.13. The molecular weight excluding hydrogens is 302 g/mol. The van der Waals surface area contributed by atoms with Crippen LogP contribution >= 0.6 is 27.3 Å². The molecule has 0 atom stereocenters. The van der Waals surface area contributed by atoms with E-state index in [9.17, 15) is 0 Å². The fraction of sp³-hybridized carbons (Fsp3) is 0.200. The molecular formula is C10H9BrN5S+. The number of aromatic nitrogens is 5. The van der Waals surface area contributed by atoms with E-state index in [1.165, 1.54) is 11.3 Å². The third kappa shape index (κ3) is 1.85. The molecule has 3 rings (SSSR count). The Morgan fingerprint density at radius 2 is 2.18 bits per heavy atom. The van der Waals surface area contributed by atoms with Gasteiger partial charge in [-0.25, -0.2) is 4.57 Å². The number of fused-ring (bicyclic) bond motifs is 1. The molecule has 0 saturated carbocycles. The smallest absolute Gasteiger partial charge is 0.206 e. The van der Waals surface area contributed by atoms with Gasteiger partial charge in [0.15, 0.2) is 23.2 Å². The Kier molecular flexibility index (Phi) is 2.44. The van der Waals surface area contributed by atoms with Crippen LogP contribution in [0.25, 0.3) is 15.5 Å². The van der Waals surface area contributed by atoms with Crippen LogP contribution in [0.3, 0.4) is 0 Å². The summed E-state index contributed by atoms with van der Waals surface area (Å²) in [6.07, 6.45) is 4.03. The van der Waals surface area contributed by atoms with Crippen LogP contribution < -0.4 is 4.57 Å². The molecule has 0 unspecified atom stereocenters. The van der Waals surface area contributed by atoms with Gasteiger partial charge in [0.25, 0.3) is 0 Å². The largest absolute Gasteiger partial charge is 0.234 e. The van der Waals surface area contributed by atoms with E-state index in [2.05, 4.69) is 31.2 Å². The molecule has 0 amide bonds. The molecule has 3 aromatic heterocycles. The normalized spacial score (nSPS) is 11.2. The molecule has 3 aromatic rings. The fourth-order valence-corrected chi connectivity index (χ4v) is 3.06. The summed E-state index contributed by atoms with van der Waals surface area (Å²) in [7, 11) is 1.99. The van der Waals surface area contributed by atoms with E-state index in [0.29, 0.717) is 0 Å². The first-order chi connectivity index (χ1) is 8.13. The van der Waals surface area contributed by atoms with Gasteiger partial charge in [-0.2, -0.15) is 9.61 Å². The zero-order chi connectivity index (χ0) is 12.0. The summed E-state index contributed by atoms with van der Waals surface area (Å²) >= 11 is 5.01. The first-order valence-electron chi connectivity index (χ1n) is 4.98. The van der Waals surface area contributed by atoms with Crippen LogP contribution in [0.15, 0.2) is 22.9 Å². The summed E-state index contributed by atoms with van der Waals surface area (Å²) in [5, 5.41) is 13.5. The monoisotopic (exact) mass is 310 g/mol. The van der Waals surface area contributed by atoms with E-state index in [0.717, 1.165) is 25.8 Å². The quantitative estimate of drug-likeness (QED) is 0.643. The molecule has 0 saturated heterocycles. The number of halogens is 1. The summed E-state index contributed by atoms with van der Waals surface area (Å²) < 4.78 is 4.79. The van der Waals surface area contributed by atoms with Gasteiger partial charge in [0.1, 0.15) is 7.05 Å². The van der Waals surface area contributed by atoms with Crippen molar-refractivity contribution in [1.82, 2.24) is 19.8 Å². The number of rotatable bonds is 1. The van der Waals surface area contributed by atoms with Gasteiger partial charge in [-0.3, -0.25) is 0 Å². The molecule has 5 nitrogen and oxygen atoms in total. The topological polar surface area (TPSA) is 47.0 Å². The molecule has 86 valence electrons. The molecule has 0 aliphatic rings. The highest BCUT2D eigenvalue weighted by atomic mass is 79.9. The molecule has 0 aliphatic heterocycles. The first kappa shape index (κ1) is 10.8. The Morgan fingerprint density at radius 1 is 1.35 bits per heavy atom. The minimum absolute atomic E-state index is 0.807. The highest BCUT2D eigenvalue weighted by molar-refractivity contribution is 9.10. The van der Waals surface area contributed by atoms with Crippen LogP contribution in [0.4, 0.5) is 0 Å². The Hall–Kier alpha value is -1.34. The number of hydrogen-bond donors (Lipinski definition) is 0. The summed E-state index contributed by atoms with van der Waals surface area (Å²) in [6.45, 7) is 1.89. The van der Waals surface area contributed by atoms with E-state index in [1.807, 2.05) is 37.0 Å². The lowest BCUT2D eigenvalue weighted by molar-refractivity contribution is -0.671. The summed E-state index contributed by atoms with van der Waals surface area (Å²) in [5.41, 5.74) is 1.07. The van der Waals surface area contributed by atoms with Crippen molar-refractivity contribution in [3.05, 3.63) is 28.8 Å². The number of aryl methyl sites for hydroxylation is 2. The van der Waals surface area contributed by atoms with Gasteiger partial charge < -0.3 is 0 Å². The first-order valence-corrected chi connectivity index (χ1v) is 6.59. The zero-order valence-electron chi connectivity index (χ0n) is 9.25. The van der Waals surface area contributed by atoms with Gasteiger partial charge in [0, 0.05) is 0 Å². The lowest BCUT2D eigenvalue weighted by Gasteiger charge is -1.94. The Labute approximate surface area is 110 Å². The second kappa shape index (κ2) is 3.85. The molecule has 0 N–H and O–H groups in total. The van der Waals surface area contributed by atoms with Gasteiger partial charge in [-0.15, -0.1) is 10.2 Å². The van der Waals surface area contributed by atoms with Gasteiger partial charge in [-0.1, -0.05) is 11.3 Å². The van der Waals surface area contributed by atoms with E-state index in [1.54, 1.807) is 4.52 Å². The summed E-state index contributed by atoms with van der Waals surface area (Å²) in [5.74, 6) is 0.807. The van der Waals surface area contributed by atoms with E-state index < -0.39 is 0 Å². The minimum atomic E-state index is 0.807. The lowest BCUT2D eigenvalue weighted by atomic mass is 10.3. The van der Waals surface area contributed by atoms with Crippen molar-refractivity contribution in [2.24, 2.45) is 7.05 Å². The Balaban J connectivity index is 2.19. The van der Waals surface area contributed by atoms with Gasteiger partial charge in [0.05, 0.1) is 10.0 Å². The van der Waals surface area contributed by atoms with Crippen LogP contribution in [-0.2, 0) is 7.05 Å². The van der Waals surface area contributed by atoms with Crippen molar-refractivity contribution in [2.75, 3.05) is 0 Å². The summed E-state index contributed by atoms with van der Waals surface area (Å²) in [4.78, 5) is 0.820. The average Bonchev–Trinajstić information content (AvgIpc) is 2.80. The van der Waals surface area contributed by atoms with Crippen LogP contribution in [0.1, 0.15) is 5.82 Å². The SMILES string of the molecule is Cc1nnc2sc(-c3cc(Br)c[n+](C)c3)nn12. The van der Waals surface area contributed by atoms with Crippen molar-refractivity contribution >= 4 is 32.2 Å². The second-order valence-electron chi connectivity index (χ2n) is 3.76. The maximum Gasteiger partial charge on any atom is 0.234 e. The van der Waals surface area contributed by atoms with Crippen LogP contribution in [0, 0.1) is 6.92 Å². The molecule has 3 heterocycles. The van der Waals surface area contributed by atoms with Crippen LogP contribution in [-0.4, -0.2) is 19.8 Å². The molecule has 0 radical (unpaired) electrons. The number of nitrogens with zero attached hydrogens (tertiary/aromatic N) is 5. The van der Waals surface area contributed by atoms with Crippen molar-refractivity contribution in [3.63, 3.8) is 0 Å². The average molecular weight is 311 g/mol. The fourth-order valence-electron chi connectivity index (χ4n) is 1.62. The maximum absolute atomic E-state index is 4.50. The van der Waals surface area contributed by atoms with Crippen LogP contribution in [0.5, 0.6) is 0 Å². The summed E-state index contributed by atoms with van der Waals surface area (Å²) in [6, 6.07) is 2.04. The molecule has 0 fully saturated rings. The molecule has 0 aromatic carbocycles. The lowest BCUT2D eigenvalue weighted by Crippen LogP contribution is -2.26. The molecule has 0 spiro atoms. The van der Waals surface area contributed by atoms with Gasteiger partial charge >= 0.3 is 0 Å². The molecule has 17 heavy (non-hydrogen) atoms. The maximum atomic E-state index is 4.50. The standard InChI is InChI=1S/C10H9BrN5S/c1-6-12-13-10-16(6)14-9(17-10)7-3-8(11)5-15(2)4-7/h3-5H,1-2H3/q+1. The number of pyridine rings is 1. The van der Waals surface area contributed by atoms with E-state index >= 15 is 0 Å². The Morgan fingerprint density at radius 3 is 2.88 bits per heavy atom. The van der Waals surface area contributed by atoms with Gasteiger partial charge in [-0.05, 0) is 28.9 Å². The van der Waals surface area contributed by atoms with Crippen molar-refractivity contribution < 1.29 is 4.57 Å². The van der Waals surface area contributed by atoms with E-state index in [-0.39, 0.29) is 0 Å². The highest BCUT2D eigenvalue weighted by Crippen LogP contribution is 2.25. The minimum Gasteiger partial charge on any atom is -0.206 e. The third-order valence-corrected chi connectivity index (χ3v) is 3.74. The second-order valence-corrected chi connectivity index (χ2v) is 5.63. The predicted molar refractivity (Wildman–Crippen MR) is 67.7 cm³/mol. The molecule has 0 aliphatic carbocycles. The predicted octanol–water partition coefficient (Wildman–Crippen LogP) is 1.75.